The van der Waals surface area contributed by atoms with Crippen LogP contribution in [0.5, 0.6) is 0 Å². The van der Waals surface area contributed by atoms with E-state index in [4.69, 9.17) is 11.6 Å². The molecule has 1 nitrogen and oxygen atoms in total. The van der Waals surface area contributed by atoms with Crippen LogP contribution < -0.4 is 5.32 Å². The lowest BCUT2D eigenvalue weighted by Crippen LogP contribution is -2.28. The van der Waals surface area contributed by atoms with Crippen LogP contribution in [0.3, 0.4) is 0 Å². The maximum Gasteiger partial charge on any atom is 0.142 e. The van der Waals surface area contributed by atoms with Crippen molar-refractivity contribution in [1.29, 1.82) is 0 Å². The van der Waals surface area contributed by atoms with Gasteiger partial charge in [-0.3, -0.25) is 0 Å². The van der Waals surface area contributed by atoms with E-state index in [-0.39, 0.29) is 10.8 Å². The minimum absolute atomic E-state index is 0.188. The monoisotopic (exact) mass is 229 g/mol. The van der Waals surface area contributed by atoms with Crippen LogP contribution in [0.15, 0.2) is 18.2 Å². The lowest BCUT2D eigenvalue weighted by atomic mass is 10.1. The fourth-order valence-corrected chi connectivity index (χ4v) is 1.60. The van der Waals surface area contributed by atoms with E-state index < -0.39 is 0 Å². The molecule has 0 aliphatic rings. The molecule has 1 rings (SSSR count). The Bertz CT molecular complexity index is 314. The third kappa shape index (κ3) is 4.18. The molecular weight excluding hydrogens is 213 g/mol. The van der Waals surface area contributed by atoms with Crippen molar-refractivity contribution in [2.45, 2.75) is 32.7 Å². The zero-order valence-electron chi connectivity index (χ0n) is 9.19. The highest BCUT2D eigenvalue weighted by atomic mass is 35.5. The fraction of sp³-hybridized carbons (Fsp3) is 0.500. The molecule has 0 saturated heterocycles. The van der Waals surface area contributed by atoms with Gasteiger partial charge in [-0.15, -0.1) is 0 Å². The lowest BCUT2D eigenvalue weighted by molar-refractivity contribution is 0.541. The van der Waals surface area contributed by atoms with Gasteiger partial charge in [0.1, 0.15) is 5.82 Å². The molecule has 0 heterocycles. The molecule has 1 unspecified atom stereocenters. The molecule has 3 heteroatoms. The smallest absolute Gasteiger partial charge is 0.142 e. The first kappa shape index (κ1) is 12.5. The normalized spacial score (nSPS) is 12.8. The van der Waals surface area contributed by atoms with E-state index in [9.17, 15) is 4.39 Å². The largest absolute Gasteiger partial charge is 0.314 e. The van der Waals surface area contributed by atoms with Gasteiger partial charge in [0.2, 0.25) is 0 Å². The van der Waals surface area contributed by atoms with Gasteiger partial charge < -0.3 is 5.32 Å². The Morgan fingerprint density at radius 1 is 1.47 bits per heavy atom. The van der Waals surface area contributed by atoms with Crippen molar-refractivity contribution in [2.75, 3.05) is 6.54 Å². The summed E-state index contributed by atoms with van der Waals surface area (Å²) in [5.41, 5.74) is 0.980. The summed E-state index contributed by atoms with van der Waals surface area (Å²) in [5, 5.41) is 3.55. The predicted molar refractivity (Wildman–Crippen MR) is 62.9 cm³/mol. The predicted octanol–water partition coefficient (Wildman–Crippen LogP) is 3.41. The lowest BCUT2D eigenvalue weighted by Gasteiger charge is -2.13. The molecule has 0 saturated carbocycles. The first-order chi connectivity index (χ1) is 7.13. The van der Waals surface area contributed by atoms with Crippen LogP contribution in [-0.4, -0.2) is 12.6 Å². The van der Waals surface area contributed by atoms with Crippen LogP contribution >= 0.6 is 11.6 Å². The van der Waals surface area contributed by atoms with Gasteiger partial charge in [-0.05, 0) is 44.0 Å². The standard InChI is InChI=1S/C12H17ClFN/c1-3-6-15-9(2)7-10-4-5-11(13)12(14)8-10/h4-5,8-9,15H,3,6-7H2,1-2H3. The molecule has 0 bridgehead atoms. The highest BCUT2D eigenvalue weighted by Crippen LogP contribution is 2.16. The van der Waals surface area contributed by atoms with Crippen molar-refractivity contribution in [3.63, 3.8) is 0 Å². The van der Waals surface area contributed by atoms with Crippen molar-refractivity contribution in [3.05, 3.63) is 34.6 Å². The van der Waals surface area contributed by atoms with Gasteiger partial charge >= 0.3 is 0 Å². The van der Waals surface area contributed by atoms with Gasteiger partial charge in [0.05, 0.1) is 5.02 Å². The van der Waals surface area contributed by atoms with E-state index in [1.807, 2.05) is 6.07 Å². The van der Waals surface area contributed by atoms with Crippen molar-refractivity contribution >= 4 is 11.6 Å². The molecule has 0 aromatic heterocycles. The van der Waals surface area contributed by atoms with Gasteiger partial charge in [0.15, 0.2) is 0 Å². The van der Waals surface area contributed by atoms with Gasteiger partial charge in [0.25, 0.3) is 0 Å². The number of halogens is 2. The summed E-state index contributed by atoms with van der Waals surface area (Å²) in [7, 11) is 0. The van der Waals surface area contributed by atoms with Gasteiger partial charge in [-0.1, -0.05) is 24.6 Å². The first-order valence-corrected chi connectivity index (χ1v) is 5.68. The van der Waals surface area contributed by atoms with E-state index in [0.717, 1.165) is 24.9 Å². The van der Waals surface area contributed by atoms with Gasteiger partial charge in [-0.2, -0.15) is 0 Å². The van der Waals surface area contributed by atoms with Crippen LogP contribution in [0.2, 0.25) is 5.02 Å². The second-order valence-corrected chi connectivity index (χ2v) is 4.21. The molecule has 0 aliphatic carbocycles. The second-order valence-electron chi connectivity index (χ2n) is 3.81. The van der Waals surface area contributed by atoms with E-state index >= 15 is 0 Å². The summed E-state index contributed by atoms with van der Waals surface area (Å²) >= 11 is 5.61. The van der Waals surface area contributed by atoms with Crippen LogP contribution in [0.1, 0.15) is 25.8 Å². The fourth-order valence-electron chi connectivity index (χ4n) is 1.48. The SMILES string of the molecule is CCCNC(C)Cc1ccc(Cl)c(F)c1. The molecule has 0 spiro atoms. The Labute approximate surface area is 95.6 Å². The molecular formula is C12H17ClFN. The summed E-state index contributed by atoms with van der Waals surface area (Å²) in [6.07, 6.45) is 1.94. The number of hydrogen-bond donors (Lipinski definition) is 1. The molecule has 0 amide bonds. The summed E-state index contributed by atoms with van der Waals surface area (Å²) in [6, 6.07) is 5.35. The van der Waals surface area contributed by atoms with Crippen molar-refractivity contribution in [1.82, 2.24) is 5.32 Å². The molecule has 0 aliphatic heterocycles. The topological polar surface area (TPSA) is 12.0 Å². The van der Waals surface area contributed by atoms with Crippen LogP contribution in [-0.2, 0) is 6.42 Å². The summed E-state index contributed by atoms with van der Waals surface area (Å²) in [5.74, 6) is -0.336. The van der Waals surface area contributed by atoms with Crippen LogP contribution in [0, 0.1) is 5.82 Å². The Kier molecular flexibility index (Phi) is 5.06. The van der Waals surface area contributed by atoms with Crippen molar-refractivity contribution < 1.29 is 4.39 Å². The highest BCUT2D eigenvalue weighted by molar-refractivity contribution is 6.30. The molecule has 84 valence electrons. The van der Waals surface area contributed by atoms with Crippen molar-refractivity contribution in [3.8, 4) is 0 Å². The third-order valence-electron chi connectivity index (χ3n) is 2.27. The number of benzene rings is 1. The zero-order valence-corrected chi connectivity index (χ0v) is 9.94. The average Bonchev–Trinajstić information content (AvgIpc) is 2.20. The summed E-state index contributed by atoms with van der Waals surface area (Å²) in [4.78, 5) is 0. The van der Waals surface area contributed by atoms with E-state index in [1.54, 1.807) is 6.07 Å². The molecule has 1 atom stereocenters. The maximum absolute atomic E-state index is 13.1. The first-order valence-electron chi connectivity index (χ1n) is 5.30. The van der Waals surface area contributed by atoms with Crippen LogP contribution in [0.25, 0.3) is 0 Å². The molecule has 0 radical (unpaired) electrons. The maximum atomic E-state index is 13.1. The zero-order chi connectivity index (χ0) is 11.3. The van der Waals surface area contributed by atoms with E-state index in [0.29, 0.717) is 6.04 Å². The van der Waals surface area contributed by atoms with Crippen molar-refractivity contribution in [2.24, 2.45) is 0 Å². The molecule has 15 heavy (non-hydrogen) atoms. The average molecular weight is 230 g/mol. The summed E-state index contributed by atoms with van der Waals surface area (Å²) in [6.45, 7) is 5.22. The van der Waals surface area contributed by atoms with Crippen LogP contribution in [0.4, 0.5) is 4.39 Å². The van der Waals surface area contributed by atoms with Gasteiger partial charge in [0, 0.05) is 6.04 Å². The minimum atomic E-state index is -0.336. The molecule has 1 N–H and O–H groups in total. The Morgan fingerprint density at radius 2 is 2.20 bits per heavy atom. The Balaban J connectivity index is 2.53. The highest BCUT2D eigenvalue weighted by Gasteiger charge is 2.05. The summed E-state index contributed by atoms with van der Waals surface area (Å²) < 4.78 is 13.1. The minimum Gasteiger partial charge on any atom is -0.314 e. The quantitative estimate of drug-likeness (QED) is 0.816. The Morgan fingerprint density at radius 3 is 2.80 bits per heavy atom. The van der Waals surface area contributed by atoms with Gasteiger partial charge in [-0.25, -0.2) is 4.39 Å². The second kappa shape index (κ2) is 6.09. The van der Waals surface area contributed by atoms with E-state index in [1.165, 1.54) is 6.07 Å². The Hall–Kier alpha value is -0.600. The van der Waals surface area contributed by atoms with E-state index in [2.05, 4.69) is 19.2 Å². The molecule has 1 aromatic rings. The third-order valence-corrected chi connectivity index (χ3v) is 2.58. The molecule has 1 aromatic carbocycles. The number of rotatable bonds is 5. The molecule has 0 fully saturated rings. The number of hydrogen-bond acceptors (Lipinski definition) is 1. The number of nitrogens with one attached hydrogen (secondary N) is 1.